The van der Waals surface area contributed by atoms with E-state index in [4.69, 9.17) is 5.26 Å². The van der Waals surface area contributed by atoms with Gasteiger partial charge in [0.25, 0.3) is 0 Å². The van der Waals surface area contributed by atoms with E-state index in [0.717, 1.165) is 18.4 Å². The summed E-state index contributed by atoms with van der Waals surface area (Å²) >= 11 is 0. The number of hydrogen-bond acceptors (Lipinski definition) is 3. The Kier molecular flexibility index (Phi) is 3.83. The molecule has 0 aliphatic heterocycles. The Bertz CT molecular complexity index is 454. The van der Waals surface area contributed by atoms with E-state index in [1.165, 1.54) is 0 Å². The maximum Gasteiger partial charge on any atom is 0.347 e. The zero-order valence-corrected chi connectivity index (χ0v) is 10.0. The molecule has 1 aromatic heterocycles. The SMILES string of the molecule is Cc1cnc(=O)n(CCCC(C)(C)C#N)c1. The smallest absolute Gasteiger partial charge is 0.299 e. The molecule has 0 aromatic carbocycles. The van der Waals surface area contributed by atoms with Crippen molar-refractivity contribution in [1.29, 1.82) is 5.26 Å². The van der Waals surface area contributed by atoms with Crippen LogP contribution in [0.25, 0.3) is 0 Å². The van der Waals surface area contributed by atoms with Crippen LogP contribution in [0.2, 0.25) is 0 Å². The minimum atomic E-state index is -0.319. The molecule has 0 N–H and O–H groups in total. The van der Waals surface area contributed by atoms with E-state index >= 15 is 0 Å². The maximum absolute atomic E-state index is 11.4. The minimum Gasteiger partial charge on any atom is -0.299 e. The summed E-state index contributed by atoms with van der Waals surface area (Å²) in [4.78, 5) is 15.1. The van der Waals surface area contributed by atoms with Crippen molar-refractivity contribution >= 4 is 0 Å². The van der Waals surface area contributed by atoms with Crippen molar-refractivity contribution in [3.8, 4) is 6.07 Å². The summed E-state index contributed by atoms with van der Waals surface area (Å²) in [5, 5.41) is 8.86. The molecular weight excluding hydrogens is 202 g/mol. The summed E-state index contributed by atoms with van der Waals surface area (Å²) in [6.07, 6.45) is 4.96. The van der Waals surface area contributed by atoms with Crippen LogP contribution in [0.15, 0.2) is 17.2 Å². The van der Waals surface area contributed by atoms with Crippen LogP contribution in [0.4, 0.5) is 0 Å². The molecule has 86 valence electrons. The van der Waals surface area contributed by atoms with Gasteiger partial charge in [-0.1, -0.05) is 0 Å². The molecule has 0 fully saturated rings. The molecule has 0 aliphatic rings. The third kappa shape index (κ3) is 3.50. The first kappa shape index (κ1) is 12.4. The molecule has 1 aromatic rings. The summed E-state index contributed by atoms with van der Waals surface area (Å²) in [5.41, 5.74) is 0.431. The molecule has 1 rings (SSSR count). The second-order valence-corrected chi connectivity index (χ2v) is 4.71. The number of aromatic nitrogens is 2. The molecule has 0 aliphatic carbocycles. The molecule has 0 bridgehead atoms. The van der Waals surface area contributed by atoms with Gasteiger partial charge in [0.15, 0.2) is 0 Å². The second-order valence-electron chi connectivity index (χ2n) is 4.71. The van der Waals surface area contributed by atoms with Crippen molar-refractivity contribution in [3.05, 3.63) is 28.4 Å². The first-order valence-corrected chi connectivity index (χ1v) is 5.39. The van der Waals surface area contributed by atoms with Gasteiger partial charge in [0, 0.05) is 18.9 Å². The van der Waals surface area contributed by atoms with Crippen LogP contribution in [0.1, 0.15) is 32.3 Å². The average Bonchev–Trinajstić information content (AvgIpc) is 2.23. The molecule has 4 heteroatoms. The first-order chi connectivity index (χ1) is 7.44. The highest BCUT2D eigenvalue weighted by molar-refractivity contribution is 4.99. The summed E-state index contributed by atoms with van der Waals surface area (Å²) in [6.45, 7) is 6.34. The Morgan fingerprint density at radius 2 is 2.25 bits per heavy atom. The highest BCUT2D eigenvalue weighted by Gasteiger charge is 2.15. The lowest BCUT2D eigenvalue weighted by molar-refractivity contribution is 0.411. The van der Waals surface area contributed by atoms with Crippen molar-refractivity contribution in [2.24, 2.45) is 5.41 Å². The molecule has 0 saturated carbocycles. The molecule has 0 radical (unpaired) electrons. The van der Waals surface area contributed by atoms with E-state index in [2.05, 4.69) is 11.1 Å². The van der Waals surface area contributed by atoms with Gasteiger partial charge in [0.1, 0.15) is 0 Å². The van der Waals surface area contributed by atoms with E-state index in [-0.39, 0.29) is 11.1 Å². The summed E-state index contributed by atoms with van der Waals surface area (Å²) < 4.78 is 1.60. The molecule has 4 nitrogen and oxygen atoms in total. The zero-order valence-electron chi connectivity index (χ0n) is 10.0. The van der Waals surface area contributed by atoms with Gasteiger partial charge < -0.3 is 0 Å². The third-order valence-corrected chi connectivity index (χ3v) is 2.49. The molecule has 0 spiro atoms. The van der Waals surface area contributed by atoms with Gasteiger partial charge in [0.2, 0.25) is 0 Å². The fourth-order valence-corrected chi connectivity index (χ4v) is 1.47. The predicted molar refractivity (Wildman–Crippen MR) is 61.9 cm³/mol. The fourth-order valence-electron chi connectivity index (χ4n) is 1.47. The van der Waals surface area contributed by atoms with E-state index in [1.54, 1.807) is 17.0 Å². The number of nitrogens with zero attached hydrogens (tertiary/aromatic N) is 3. The molecule has 0 amide bonds. The van der Waals surface area contributed by atoms with Gasteiger partial charge in [-0.15, -0.1) is 0 Å². The summed E-state index contributed by atoms with van der Waals surface area (Å²) in [6, 6.07) is 2.25. The second kappa shape index (κ2) is 4.93. The number of hydrogen-bond donors (Lipinski definition) is 0. The molecule has 0 atom stereocenters. The van der Waals surface area contributed by atoms with Crippen LogP contribution in [-0.4, -0.2) is 9.55 Å². The summed E-state index contributed by atoms with van der Waals surface area (Å²) in [5.74, 6) is 0. The largest absolute Gasteiger partial charge is 0.347 e. The van der Waals surface area contributed by atoms with Crippen LogP contribution < -0.4 is 5.69 Å². The van der Waals surface area contributed by atoms with Crippen LogP contribution in [0.5, 0.6) is 0 Å². The van der Waals surface area contributed by atoms with Crippen molar-refractivity contribution in [2.45, 2.75) is 40.2 Å². The van der Waals surface area contributed by atoms with E-state index in [0.29, 0.717) is 6.54 Å². The Balaban J connectivity index is 2.60. The molecule has 16 heavy (non-hydrogen) atoms. The molecule has 1 heterocycles. The quantitative estimate of drug-likeness (QED) is 0.776. The zero-order chi connectivity index (χ0) is 12.2. The van der Waals surface area contributed by atoms with Crippen LogP contribution in [-0.2, 0) is 6.54 Å². The Morgan fingerprint density at radius 1 is 1.56 bits per heavy atom. The van der Waals surface area contributed by atoms with E-state index in [1.807, 2.05) is 20.8 Å². The standard InChI is InChI=1S/C12H17N3O/c1-10-7-14-11(16)15(8-10)6-4-5-12(2,3)9-13/h7-8H,4-6H2,1-3H3. The Morgan fingerprint density at radius 3 is 2.88 bits per heavy atom. The lowest BCUT2D eigenvalue weighted by Crippen LogP contribution is -2.23. The average molecular weight is 219 g/mol. The Hall–Kier alpha value is -1.63. The minimum absolute atomic E-state index is 0.222. The van der Waals surface area contributed by atoms with Crippen molar-refractivity contribution < 1.29 is 0 Å². The van der Waals surface area contributed by atoms with Crippen LogP contribution in [0.3, 0.4) is 0 Å². The fraction of sp³-hybridized carbons (Fsp3) is 0.583. The highest BCUT2D eigenvalue weighted by atomic mass is 16.1. The van der Waals surface area contributed by atoms with Crippen molar-refractivity contribution in [1.82, 2.24) is 9.55 Å². The van der Waals surface area contributed by atoms with Crippen molar-refractivity contribution in [2.75, 3.05) is 0 Å². The molecule has 0 unspecified atom stereocenters. The summed E-state index contributed by atoms with van der Waals surface area (Å²) in [7, 11) is 0. The number of rotatable bonds is 4. The molecular formula is C12H17N3O. The monoisotopic (exact) mass is 219 g/mol. The normalized spacial score (nSPS) is 11.1. The maximum atomic E-state index is 11.4. The van der Waals surface area contributed by atoms with Gasteiger partial charge in [-0.2, -0.15) is 5.26 Å². The van der Waals surface area contributed by atoms with Gasteiger partial charge >= 0.3 is 5.69 Å². The lowest BCUT2D eigenvalue weighted by atomic mass is 9.90. The third-order valence-electron chi connectivity index (χ3n) is 2.49. The highest BCUT2D eigenvalue weighted by Crippen LogP contribution is 2.20. The lowest BCUT2D eigenvalue weighted by Gasteiger charge is -2.14. The Labute approximate surface area is 95.6 Å². The topological polar surface area (TPSA) is 58.7 Å². The predicted octanol–water partition coefficient (Wildman–Crippen LogP) is 1.88. The number of aryl methyl sites for hydroxylation is 2. The van der Waals surface area contributed by atoms with Gasteiger partial charge in [-0.25, -0.2) is 9.78 Å². The first-order valence-electron chi connectivity index (χ1n) is 5.39. The molecule has 0 saturated heterocycles. The van der Waals surface area contributed by atoms with E-state index in [9.17, 15) is 4.79 Å². The van der Waals surface area contributed by atoms with Gasteiger partial charge in [-0.05, 0) is 39.2 Å². The number of nitriles is 1. The van der Waals surface area contributed by atoms with E-state index < -0.39 is 0 Å². The van der Waals surface area contributed by atoms with Crippen molar-refractivity contribution in [3.63, 3.8) is 0 Å². The van der Waals surface area contributed by atoms with Crippen LogP contribution in [0, 0.1) is 23.7 Å². The van der Waals surface area contributed by atoms with Crippen LogP contribution >= 0.6 is 0 Å². The van der Waals surface area contributed by atoms with Gasteiger partial charge in [-0.3, -0.25) is 4.57 Å². The van der Waals surface area contributed by atoms with Gasteiger partial charge in [0.05, 0.1) is 11.5 Å².